The van der Waals surface area contributed by atoms with Crippen LogP contribution in [0.4, 0.5) is 11.4 Å². The second-order valence-corrected chi connectivity index (χ2v) is 4.79. The van der Waals surface area contributed by atoms with Gasteiger partial charge in [-0.05, 0) is 43.2 Å². The fraction of sp³-hybridized carbons (Fsp3) is 0.333. The molecule has 2 N–H and O–H groups in total. The lowest BCUT2D eigenvalue weighted by Gasteiger charge is -2.18. The molecule has 3 nitrogen and oxygen atoms in total. The molecule has 0 saturated carbocycles. The van der Waals surface area contributed by atoms with Crippen molar-refractivity contribution < 1.29 is 0 Å². The normalized spacial score (nSPS) is 15.0. The Labute approximate surface area is 108 Å². The molecule has 1 saturated heterocycles. The molecule has 2 aromatic rings. The third-order valence-corrected chi connectivity index (χ3v) is 3.46. The molecule has 0 atom stereocenters. The van der Waals surface area contributed by atoms with Crippen LogP contribution in [0.25, 0.3) is 0 Å². The Morgan fingerprint density at radius 1 is 1.11 bits per heavy atom. The summed E-state index contributed by atoms with van der Waals surface area (Å²) in [5.41, 5.74) is 3.74. The van der Waals surface area contributed by atoms with E-state index in [1.165, 1.54) is 43.0 Å². The summed E-state index contributed by atoms with van der Waals surface area (Å²) in [7, 11) is 0. The van der Waals surface area contributed by atoms with E-state index in [0.717, 1.165) is 6.54 Å². The largest absolute Gasteiger partial charge is 0.379 e. The van der Waals surface area contributed by atoms with Gasteiger partial charge in [-0.15, -0.1) is 0 Å². The van der Waals surface area contributed by atoms with Gasteiger partial charge < -0.3 is 15.2 Å². The standard InChI is InChI=1S/C15H19N3/c1-2-10-18(9-1)15-7-3-5-13(11-15)17-12-14-6-4-8-16-14/h3-8,11,16-17H,1-2,9-10,12H2. The highest BCUT2D eigenvalue weighted by atomic mass is 15.1. The van der Waals surface area contributed by atoms with Crippen molar-refractivity contribution in [2.45, 2.75) is 19.4 Å². The lowest BCUT2D eigenvalue weighted by Crippen LogP contribution is -2.17. The van der Waals surface area contributed by atoms with E-state index in [0.29, 0.717) is 0 Å². The third kappa shape index (κ3) is 2.50. The monoisotopic (exact) mass is 241 g/mol. The summed E-state index contributed by atoms with van der Waals surface area (Å²) in [6.07, 6.45) is 4.60. The maximum Gasteiger partial charge on any atom is 0.0551 e. The minimum Gasteiger partial charge on any atom is -0.379 e. The van der Waals surface area contributed by atoms with Crippen molar-refractivity contribution in [3.63, 3.8) is 0 Å². The highest BCUT2D eigenvalue weighted by molar-refractivity contribution is 5.58. The van der Waals surface area contributed by atoms with Crippen molar-refractivity contribution in [1.29, 1.82) is 0 Å². The lowest BCUT2D eigenvalue weighted by atomic mass is 10.2. The molecule has 3 rings (SSSR count). The van der Waals surface area contributed by atoms with Crippen LogP contribution in [0.2, 0.25) is 0 Å². The number of aromatic nitrogens is 1. The van der Waals surface area contributed by atoms with Crippen LogP contribution in [0.5, 0.6) is 0 Å². The molecular formula is C15H19N3. The van der Waals surface area contributed by atoms with E-state index in [9.17, 15) is 0 Å². The highest BCUT2D eigenvalue weighted by Gasteiger charge is 2.12. The molecule has 1 aromatic heterocycles. The smallest absolute Gasteiger partial charge is 0.0551 e. The van der Waals surface area contributed by atoms with E-state index < -0.39 is 0 Å². The van der Waals surface area contributed by atoms with Gasteiger partial charge in [-0.3, -0.25) is 0 Å². The summed E-state index contributed by atoms with van der Waals surface area (Å²) < 4.78 is 0. The number of benzene rings is 1. The molecule has 1 aliphatic rings. The fourth-order valence-corrected chi connectivity index (χ4v) is 2.46. The number of nitrogens with one attached hydrogen (secondary N) is 2. The van der Waals surface area contributed by atoms with Gasteiger partial charge in [0.2, 0.25) is 0 Å². The SMILES string of the molecule is c1cc(NCc2ccc[nH]2)cc(N2CCCC2)c1. The van der Waals surface area contributed by atoms with E-state index in [1.807, 2.05) is 12.3 Å². The van der Waals surface area contributed by atoms with Crippen molar-refractivity contribution in [3.8, 4) is 0 Å². The highest BCUT2D eigenvalue weighted by Crippen LogP contribution is 2.23. The second kappa shape index (κ2) is 5.17. The summed E-state index contributed by atoms with van der Waals surface area (Å²) in [5, 5.41) is 3.45. The van der Waals surface area contributed by atoms with Crippen molar-refractivity contribution >= 4 is 11.4 Å². The summed E-state index contributed by atoms with van der Waals surface area (Å²) in [5.74, 6) is 0. The van der Waals surface area contributed by atoms with Crippen molar-refractivity contribution in [2.75, 3.05) is 23.3 Å². The quantitative estimate of drug-likeness (QED) is 0.861. The average molecular weight is 241 g/mol. The molecule has 2 heterocycles. The fourth-order valence-electron chi connectivity index (χ4n) is 2.46. The number of hydrogen-bond acceptors (Lipinski definition) is 2. The average Bonchev–Trinajstić information content (AvgIpc) is 3.10. The number of H-pyrrole nitrogens is 1. The lowest BCUT2D eigenvalue weighted by molar-refractivity contribution is 0.949. The van der Waals surface area contributed by atoms with E-state index in [1.54, 1.807) is 0 Å². The molecule has 1 fully saturated rings. The number of nitrogens with zero attached hydrogens (tertiary/aromatic N) is 1. The molecular weight excluding hydrogens is 222 g/mol. The number of aromatic amines is 1. The number of anilines is 2. The van der Waals surface area contributed by atoms with Crippen molar-refractivity contribution in [3.05, 3.63) is 48.3 Å². The van der Waals surface area contributed by atoms with Gasteiger partial charge in [-0.2, -0.15) is 0 Å². The topological polar surface area (TPSA) is 31.1 Å². The zero-order valence-electron chi connectivity index (χ0n) is 10.5. The van der Waals surface area contributed by atoms with Gasteiger partial charge in [0.1, 0.15) is 0 Å². The molecule has 18 heavy (non-hydrogen) atoms. The van der Waals surface area contributed by atoms with Gasteiger partial charge in [0.05, 0.1) is 6.54 Å². The Balaban J connectivity index is 1.66. The van der Waals surface area contributed by atoms with Gasteiger partial charge in [0, 0.05) is 36.4 Å². The van der Waals surface area contributed by atoms with Crippen LogP contribution < -0.4 is 10.2 Å². The van der Waals surface area contributed by atoms with Gasteiger partial charge in [0.15, 0.2) is 0 Å². The molecule has 0 amide bonds. The molecule has 1 aromatic carbocycles. The number of rotatable bonds is 4. The second-order valence-electron chi connectivity index (χ2n) is 4.79. The summed E-state index contributed by atoms with van der Waals surface area (Å²) in [6.45, 7) is 3.23. The van der Waals surface area contributed by atoms with Crippen LogP contribution in [0, 0.1) is 0 Å². The Morgan fingerprint density at radius 2 is 2.00 bits per heavy atom. The van der Waals surface area contributed by atoms with Crippen LogP contribution >= 0.6 is 0 Å². The zero-order chi connectivity index (χ0) is 12.2. The van der Waals surface area contributed by atoms with E-state index >= 15 is 0 Å². The van der Waals surface area contributed by atoms with Crippen LogP contribution in [-0.2, 0) is 6.54 Å². The predicted molar refractivity (Wildman–Crippen MR) is 76.0 cm³/mol. The Bertz CT molecular complexity index is 484. The maximum absolute atomic E-state index is 3.45. The van der Waals surface area contributed by atoms with Gasteiger partial charge in [-0.25, -0.2) is 0 Å². The van der Waals surface area contributed by atoms with Crippen LogP contribution in [0.15, 0.2) is 42.6 Å². The molecule has 0 unspecified atom stereocenters. The van der Waals surface area contributed by atoms with Crippen molar-refractivity contribution in [2.24, 2.45) is 0 Å². The first-order valence-corrected chi connectivity index (χ1v) is 6.63. The maximum atomic E-state index is 3.45. The first kappa shape index (κ1) is 11.2. The molecule has 0 radical (unpaired) electrons. The van der Waals surface area contributed by atoms with Crippen LogP contribution in [-0.4, -0.2) is 18.1 Å². The Morgan fingerprint density at radius 3 is 2.78 bits per heavy atom. The molecule has 0 bridgehead atoms. The first-order chi connectivity index (χ1) is 8.92. The summed E-state index contributed by atoms with van der Waals surface area (Å²) in [6, 6.07) is 12.8. The van der Waals surface area contributed by atoms with Crippen LogP contribution in [0.1, 0.15) is 18.5 Å². The number of hydrogen-bond donors (Lipinski definition) is 2. The summed E-state index contributed by atoms with van der Waals surface area (Å²) >= 11 is 0. The predicted octanol–water partition coefficient (Wildman–Crippen LogP) is 3.23. The van der Waals surface area contributed by atoms with E-state index in [-0.39, 0.29) is 0 Å². The Kier molecular flexibility index (Phi) is 3.22. The molecule has 94 valence electrons. The zero-order valence-corrected chi connectivity index (χ0v) is 10.5. The van der Waals surface area contributed by atoms with Gasteiger partial charge in [0.25, 0.3) is 0 Å². The molecule has 0 aliphatic carbocycles. The minimum atomic E-state index is 0.844. The summed E-state index contributed by atoms with van der Waals surface area (Å²) in [4.78, 5) is 5.66. The molecule has 1 aliphatic heterocycles. The Hall–Kier alpha value is -1.90. The molecule has 0 spiro atoms. The van der Waals surface area contributed by atoms with Gasteiger partial charge >= 0.3 is 0 Å². The van der Waals surface area contributed by atoms with E-state index in [4.69, 9.17) is 0 Å². The van der Waals surface area contributed by atoms with Gasteiger partial charge in [-0.1, -0.05) is 6.07 Å². The minimum absolute atomic E-state index is 0.844. The van der Waals surface area contributed by atoms with Crippen LogP contribution in [0.3, 0.4) is 0 Å². The molecule has 3 heteroatoms. The van der Waals surface area contributed by atoms with Crippen molar-refractivity contribution in [1.82, 2.24) is 4.98 Å². The van der Waals surface area contributed by atoms with E-state index in [2.05, 4.69) is 45.5 Å². The third-order valence-electron chi connectivity index (χ3n) is 3.46. The first-order valence-electron chi connectivity index (χ1n) is 6.63.